The molecule has 0 aliphatic carbocycles. The second-order valence-electron chi connectivity index (χ2n) is 7.16. The Morgan fingerprint density at radius 1 is 1.19 bits per heavy atom. The number of allylic oxidation sites excluding steroid dienone is 1. The summed E-state index contributed by atoms with van der Waals surface area (Å²) in [7, 11) is 0. The standard InChI is InChI=1S/C22H21Cl2N5OS/c1-4-31-22-27-21-25-13(3)18(20(30)26-15-7-5-6-12(2)10-15)19(29(21)28-22)14-8-9-16(23)17(24)11-14/h5-11,19H,4H2,1-3H3,(H,26,30)(H,25,27,28). The molecule has 2 aromatic carbocycles. The molecule has 1 amide bonds. The van der Waals surface area contributed by atoms with Crippen LogP contribution in [0.2, 0.25) is 10.0 Å². The van der Waals surface area contributed by atoms with Gasteiger partial charge in [0.1, 0.15) is 6.04 Å². The van der Waals surface area contributed by atoms with Gasteiger partial charge in [0, 0.05) is 11.4 Å². The summed E-state index contributed by atoms with van der Waals surface area (Å²) in [5.41, 5.74) is 3.82. The van der Waals surface area contributed by atoms with Gasteiger partial charge < -0.3 is 10.6 Å². The van der Waals surface area contributed by atoms with Crippen LogP contribution in [-0.2, 0) is 4.79 Å². The Hall–Kier alpha value is -2.48. The monoisotopic (exact) mass is 473 g/mol. The summed E-state index contributed by atoms with van der Waals surface area (Å²) >= 11 is 14.0. The number of carbonyl (C=O) groups excluding carboxylic acids is 1. The maximum Gasteiger partial charge on any atom is 0.255 e. The quantitative estimate of drug-likeness (QED) is 0.449. The van der Waals surface area contributed by atoms with E-state index in [2.05, 4.69) is 20.7 Å². The molecule has 1 aliphatic heterocycles. The number of aromatic nitrogens is 3. The number of anilines is 2. The van der Waals surface area contributed by atoms with E-state index in [0.717, 1.165) is 22.6 Å². The zero-order chi connectivity index (χ0) is 22.1. The predicted molar refractivity (Wildman–Crippen MR) is 127 cm³/mol. The Balaban J connectivity index is 1.80. The van der Waals surface area contributed by atoms with E-state index in [-0.39, 0.29) is 5.91 Å². The van der Waals surface area contributed by atoms with Crippen LogP contribution in [0.3, 0.4) is 0 Å². The van der Waals surface area contributed by atoms with Crippen LogP contribution in [0.1, 0.15) is 31.0 Å². The van der Waals surface area contributed by atoms with Crippen molar-refractivity contribution >= 4 is 52.5 Å². The van der Waals surface area contributed by atoms with E-state index >= 15 is 0 Å². The number of benzene rings is 2. The van der Waals surface area contributed by atoms with Crippen LogP contribution in [0.15, 0.2) is 58.9 Å². The molecular formula is C22H21Cl2N5OS. The average Bonchev–Trinajstić information content (AvgIpc) is 3.11. The van der Waals surface area contributed by atoms with Gasteiger partial charge in [-0.25, -0.2) is 4.68 Å². The Morgan fingerprint density at radius 3 is 2.71 bits per heavy atom. The Labute approximate surface area is 195 Å². The van der Waals surface area contributed by atoms with Crippen molar-refractivity contribution in [3.05, 3.63) is 74.9 Å². The number of hydrogen-bond acceptors (Lipinski definition) is 5. The molecule has 2 N–H and O–H groups in total. The van der Waals surface area contributed by atoms with E-state index in [4.69, 9.17) is 23.2 Å². The van der Waals surface area contributed by atoms with E-state index < -0.39 is 6.04 Å². The molecule has 0 saturated heterocycles. The Morgan fingerprint density at radius 2 is 2.00 bits per heavy atom. The van der Waals surface area contributed by atoms with Gasteiger partial charge in [0.2, 0.25) is 11.1 Å². The summed E-state index contributed by atoms with van der Waals surface area (Å²) < 4.78 is 1.73. The molecule has 0 saturated carbocycles. The first kappa shape index (κ1) is 21.7. The molecule has 4 rings (SSSR count). The van der Waals surface area contributed by atoms with Crippen LogP contribution in [0.5, 0.6) is 0 Å². The molecule has 0 radical (unpaired) electrons. The maximum absolute atomic E-state index is 13.4. The van der Waals surface area contributed by atoms with Crippen LogP contribution in [-0.4, -0.2) is 26.4 Å². The van der Waals surface area contributed by atoms with Crippen molar-refractivity contribution < 1.29 is 4.79 Å². The number of thioether (sulfide) groups is 1. The number of nitrogens with one attached hydrogen (secondary N) is 2. The van der Waals surface area contributed by atoms with Crippen molar-refractivity contribution in [2.24, 2.45) is 0 Å². The molecule has 1 atom stereocenters. The zero-order valence-corrected chi connectivity index (χ0v) is 19.6. The number of fused-ring (bicyclic) bond motifs is 1. The van der Waals surface area contributed by atoms with Crippen LogP contribution in [0.25, 0.3) is 0 Å². The van der Waals surface area contributed by atoms with Crippen molar-refractivity contribution in [3.63, 3.8) is 0 Å². The van der Waals surface area contributed by atoms with Crippen molar-refractivity contribution in [2.45, 2.75) is 32.0 Å². The number of hydrogen-bond donors (Lipinski definition) is 2. The lowest BCUT2D eigenvalue weighted by molar-refractivity contribution is -0.113. The van der Waals surface area contributed by atoms with E-state index in [1.807, 2.05) is 51.1 Å². The van der Waals surface area contributed by atoms with Crippen LogP contribution in [0.4, 0.5) is 11.6 Å². The minimum absolute atomic E-state index is 0.225. The maximum atomic E-state index is 13.4. The van der Waals surface area contributed by atoms with Gasteiger partial charge in [0.25, 0.3) is 5.91 Å². The highest BCUT2D eigenvalue weighted by atomic mass is 35.5. The Kier molecular flexibility index (Phi) is 6.27. The summed E-state index contributed by atoms with van der Waals surface area (Å²) in [6.45, 7) is 5.88. The van der Waals surface area contributed by atoms with Gasteiger partial charge in [0.05, 0.1) is 15.6 Å². The fourth-order valence-corrected chi connectivity index (χ4v) is 4.39. The largest absolute Gasteiger partial charge is 0.328 e. The van der Waals surface area contributed by atoms with E-state index in [1.54, 1.807) is 16.8 Å². The number of halogens is 2. The first-order valence-electron chi connectivity index (χ1n) is 9.77. The lowest BCUT2D eigenvalue weighted by Crippen LogP contribution is -2.31. The minimum Gasteiger partial charge on any atom is -0.328 e. The third-order valence-electron chi connectivity index (χ3n) is 4.89. The lowest BCUT2D eigenvalue weighted by Gasteiger charge is -2.29. The summed E-state index contributed by atoms with van der Waals surface area (Å²) in [5, 5.41) is 12.4. The van der Waals surface area contributed by atoms with Crippen LogP contribution < -0.4 is 10.6 Å². The molecule has 0 bridgehead atoms. The Bertz CT molecular complexity index is 1190. The number of rotatable bonds is 5. The molecule has 1 aliphatic rings. The molecule has 1 aromatic heterocycles. The molecule has 3 aromatic rings. The zero-order valence-electron chi connectivity index (χ0n) is 17.2. The molecule has 6 nitrogen and oxygen atoms in total. The fraction of sp³-hybridized carbons (Fsp3) is 0.227. The molecule has 0 spiro atoms. The van der Waals surface area contributed by atoms with Gasteiger partial charge in [0.15, 0.2) is 0 Å². The third kappa shape index (κ3) is 4.44. The smallest absolute Gasteiger partial charge is 0.255 e. The molecule has 1 unspecified atom stereocenters. The minimum atomic E-state index is -0.505. The van der Waals surface area contributed by atoms with Gasteiger partial charge in [-0.1, -0.05) is 60.1 Å². The molecule has 9 heteroatoms. The summed E-state index contributed by atoms with van der Waals surface area (Å²) in [6, 6.07) is 12.5. The highest BCUT2D eigenvalue weighted by Crippen LogP contribution is 2.38. The van der Waals surface area contributed by atoms with Gasteiger partial charge in [-0.15, -0.1) is 5.10 Å². The number of nitrogens with zero attached hydrogens (tertiary/aromatic N) is 3. The van der Waals surface area contributed by atoms with Crippen LogP contribution >= 0.6 is 35.0 Å². The SMILES string of the molecule is CCSc1nc2n(n1)C(c1ccc(Cl)c(Cl)c1)C(C(=O)Nc1cccc(C)c1)=C(C)N2. The highest BCUT2D eigenvalue weighted by molar-refractivity contribution is 7.99. The highest BCUT2D eigenvalue weighted by Gasteiger charge is 2.34. The second kappa shape index (κ2) is 8.94. The molecule has 0 fully saturated rings. The topological polar surface area (TPSA) is 71.8 Å². The van der Waals surface area contributed by atoms with Gasteiger partial charge in [-0.05, 0) is 55.0 Å². The number of aryl methyl sites for hydroxylation is 1. The average molecular weight is 474 g/mol. The molecule has 2 heterocycles. The number of carbonyl (C=O) groups is 1. The lowest BCUT2D eigenvalue weighted by atomic mass is 9.95. The third-order valence-corrected chi connectivity index (χ3v) is 6.35. The molecular weight excluding hydrogens is 453 g/mol. The normalized spacial score (nSPS) is 15.5. The van der Waals surface area contributed by atoms with E-state index in [0.29, 0.717) is 32.4 Å². The van der Waals surface area contributed by atoms with Gasteiger partial charge >= 0.3 is 0 Å². The first-order chi connectivity index (χ1) is 14.9. The second-order valence-corrected chi connectivity index (χ2v) is 9.20. The van der Waals surface area contributed by atoms with Gasteiger partial charge in [-0.3, -0.25) is 4.79 Å². The van der Waals surface area contributed by atoms with Crippen molar-refractivity contribution in [1.29, 1.82) is 0 Å². The van der Waals surface area contributed by atoms with E-state index in [1.165, 1.54) is 11.8 Å². The number of amides is 1. The summed E-state index contributed by atoms with van der Waals surface area (Å²) in [6.07, 6.45) is 0. The van der Waals surface area contributed by atoms with Crippen LogP contribution in [0, 0.1) is 6.92 Å². The first-order valence-corrected chi connectivity index (χ1v) is 11.5. The summed E-state index contributed by atoms with van der Waals surface area (Å²) in [5.74, 6) is 1.20. The molecule has 160 valence electrons. The van der Waals surface area contributed by atoms with Crippen molar-refractivity contribution in [3.8, 4) is 0 Å². The fourth-order valence-electron chi connectivity index (χ4n) is 3.53. The van der Waals surface area contributed by atoms with Gasteiger partial charge in [-0.2, -0.15) is 4.98 Å². The molecule has 31 heavy (non-hydrogen) atoms. The summed E-state index contributed by atoms with van der Waals surface area (Å²) in [4.78, 5) is 18.0. The van der Waals surface area contributed by atoms with Crippen molar-refractivity contribution in [2.75, 3.05) is 16.4 Å². The van der Waals surface area contributed by atoms with E-state index in [9.17, 15) is 4.79 Å². The predicted octanol–water partition coefficient (Wildman–Crippen LogP) is 5.93. The van der Waals surface area contributed by atoms with Crippen molar-refractivity contribution in [1.82, 2.24) is 14.8 Å².